The summed E-state index contributed by atoms with van der Waals surface area (Å²) in [7, 11) is 1.85. The number of rotatable bonds is 5. The highest BCUT2D eigenvalue weighted by atomic mass is 16.5. The van der Waals surface area contributed by atoms with Crippen LogP contribution in [0.5, 0.6) is 0 Å². The van der Waals surface area contributed by atoms with Crippen molar-refractivity contribution in [3.63, 3.8) is 0 Å². The molecule has 22 heavy (non-hydrogen) atoms. The molecule has 1 N–H and O–H groups in total. The van der Waals surface area contributed by atoms with E-state index in [-0.39, 0.29) is 12.0 Å². The van der Waals surface area contributed by atoms with Gasteiger partial charge in [0.1, 0.15) is 0 Å². The molecule has 1 saturated heterocycles. The van der Waals surface area contributed by atoms with Crippen molar-refractivity contribution in [2.75, 3.05) is 26.7 Å². The molecule has 0 bridgehead atoms. The molecule has 1 aromatic rings. The van der Waals surface area contributed by atoms with Crippen LogP contribution in [-0.2, 0) is 16.1 Å². The molecule has 1 amide bonds. The first-order valence-electron chi connectivity index (χ1n) is 8.01. The third-order valence-electron chi connectivity index (χ3n) is 4.19. The van der Waals surface area contributed by atoms with Crippen LogP contribution in [0.3, 0.4) is 0 Å². The first-order valence-corrected chi connectivity index (χ1v) is 8.01. The molecule has 6 heteroatoms. The fraction of sp³-hybridized carbons (Fsp3) is 0.750. The first-order chi connectivity index (χ1) is 10.4. The van der Waals surface area contributed by atoms with Gasteiger partial charge in [0.2, 0.25) is 5.91 Å². The molecule has 6 nitrogen and oxygen atoms in total. The van der Waals surface area contributed by atoms with Crippen molar-refractivity contribution in [3.05, 3.63) is 17.0 Å². The third-order valence-corrected chi connectivity index (χ3v) is 4.19. The van der Waals surface area contributed by atoms with Crippen molar-refractivity contribution in [1.82, 2.24) is 20.0 Å². The van der Waals surface area contributed by atoms with Gasteiger partial charge in [-0.05, 0) is 27.7 Å². The Morgan fingerprint density at radius 3 is 2.77 bits per heavy atom. The summed E-state index contributed by atoms with van der Waals surface area (Å²) in [5, 5.41) is 7.84. The highest BCUT2D eigenvalue weighted by Crippen LogP contribution is 2.19. The molecule has 1 aliphatic rings. The summed E-state index contributed by atoms with van der Waals surface area (Å²) in [6.45, 7) is 11.2. The van der Waals surface area contributed by atoms with Gasteiger partial charge in [0.25, 0.3) is 0 Å². The van der Waals surface area contributed by atoms with Gasteiger partial charge < -0.3 is 15.0 Å². The van der Waals surface area contributed by atoms with Gasteiger partial charge in [-0.25, -0.2) is 0 Å². The van der Waals surface area contributed by atoms with Gasteiger partial charge in [0.05, 0.1) is 24.8 Å². The Morgan fingerprint density at radius 2 is 2.23 bits per heavy atom. The van der Waals surface area contributed by atoms with Crippen LogP contribution in [0.1, 0.15) is 43.3 Å². The van der Waals surface area contributed by atoms with Crippen LogP contribution in [0.2, 0.25) is 0 Å². The Labute approximate surface area is 132 Å². The van der Waals surface area contributed by atoms with Crippen LogP contribution in [0.25, 0.3) is 0 Å². The molecule has 0 radical (unpaired) electrons. The van der Waals surface area contributed by atoms with Crippen LogP contribution < -0.4 is 5.32 Å². The number of hydrogen-bond donors (Lipinski definition) is 1. The normalized spacial score (nSPS) is 18.7. The Bertz CT molecular complexity index is 518. The lowest BCUT2D eigenvalue weighted by Gasteiger charge is -2.25. The summed E-state index contributed by atoms with van der Waals surface area (Å²) in [6, 6.07) is 0.329. The molecular formula is C16H28N4O2. The highest BCUT2D eigenvalue weighted by Gasteiger charge is 2.22. The van der Waals surface area contributed by atoms with Gasteiger partial charge >= 0.3 is 0 Å². The average molecular weight is 308 g/mol. The number of aryl methyl sites for hydroxylation is 1. The summed E-state index contributed by atoms with van der Waals surface area (Å²) >= 11 is 0. The van der Waals surface area contributed by atoms with Crippen molar-refractivity contribution in [1.29, 1.82) is 0 Å². The van der Waals surface area contributed by atoms with E-state index in [4.69, 9.17) is 4.74 Å². The van der Waals surface area contributed by atoms with E-state index >= 15 is 0 Å². The lowest BCUT2D eigenvalue weighted by Crippen LogP contribution is -2.41. The fourth-order valence-corrected chi connectivity index (χ4v) is 2.86. The topological polar surface area (TPSA) is 59.4 Å². The quantitative estimate of drug-likeness (QED) is 0.894. The van der Waals surface area contributed by atoms with Crippen LogP contribution in [-0.4, -0.2) is 53.4 Å². The minimum Gasteiger partial charge on any atom is -0.375 e. The number of nitrogens with zero attached hydrogens (tertiary/aromatic N) is 3. The van der Waals surface area contributed by atoms with E-state index in [2.05, 4.69) is 31.2 Å². The zero-order valence-corrected chi connectivity index (χ0v) is 14.3. The van der Waals surface area contributed by atoms with Crippen molar-refractivity contribution in [3.8, 4) is 0 Å². The standard InChI is InChI=1S/C16H28N4O2/c1-11(2)20-13(4)15(12(3)18-20)10-19(5)16(21)8-14-9-17-6-7-22-14/h11,14,17H,6-10H2,1-5H3/t14-/m1/s1. The van der Waals surface area contributed by atoms with E-state index < -0.39 is 0 Å². The van der Waals surface area contributed by atoms with Gasteiger partial charge in [-0.3, -0.25) is 9.48 Å². The van der Waals surface area contributed by atoms with E-state index in [0.717, 1.165) is 30.0 Å². The predicted octanol–water partition coefficient (Wildman–Crippen LogP) is 1.42. The first kappa shape index (κ1) is 17.0. The Kier molecular flexibility index (Phi) is 5.58. The van der Waals surface area contributed by atoms with Crippen molar-refractivity contribution in [2.45, 2.75) is 52.8 Å². The fourth-order valence-electron chi connectivity index (χ4n) is 2.86. The molecule has 1 atom stereocenters. The number of carbonyl (C=O) groups is 1. The molecule has 1 aliphatic heterocycles. The molecule has 1 fully saturated rings. The van der Waals surface area contributed by atoms with Crippen molar-refractivity contribution in [2.24, 2.45) is 0 Å². The zero-order valence-electron chi connectivity index (χ0n) is 14.3. The highest BCUT2D eigenvalue weighted by molar-refractivity contribution is 5.76. The third kappa shape index (κ3) is 3.87. The van der Waals surface area contributed by atoms with Gasteiger partial charge in [0, 0.05) is 44.0 Å². The van der Waals surface area contributed by atoms with Crippen molar-refractivity contribution >= 4 is 5.91 Å². The lowest BCUT2D eigenvalue weighted by atomic mass is 10.1. The Morgan fingerprint density at radius 1 is 1.50 bits per heavy atom. The number of nitrogens with one attached hydrogen (secondary N) is 1. The molecule has 124 valence electrons. The maximum atomic E-state index is 12.4. The summed E-state index contributed by atoms with van der Waals surface area (Å²) in [5.74, 6) is 0.116. The predicted molar refractivity (Wildman–Crippen MR) is 85.8 cm³/mol. The second kappa shape index (κ2) is 7.24. The molecule has 0 aliphatic carbocycles. The number of amides is 1. The van der Waals surface area contributed by atoms with Gasteiger partial charge in [-0.2, -0.15) is 5.10 Å². The summed E-state index contributed by atoms with van der Waals surface area (Å²) in [5.41, 5.74) is 3.29. The summed E-state index contributed by atoms with van der Waals surface area (Å²) in [4.78, 5) is 14.1. The molecule has 2 heterocycles. The maximum Gasteiger partial charge on any atom is 0.225 e. The molecule has 0 unspecified atom stereocenters. The van der Waals surface area contributed by atoms with Gasteiger partial charge in [0.15, 0.2) is 0 Å². The van der Waals surface area contributed by atoms with E-state index in [1.54, 1.807) is 4.90 Å². The second-order valence-corrected chi connectivity index (χ2v) is 6.34. The Hall–Kier alpha value is -1.40. The van der Waals surface area contributed by atoms with Gasteiger partial charge in [-0.15, -0.1) is 0 Å². The SMILES string of the molecule is Cc1nn(C(C)C)c(C)c1CN(C)C(=O)C[C@@H]1CNCCO1. The van der Waals surface area contributed by atoms with Crippen LogP contribution >= 0.6 is 0 Å². The number of carbonyl (C=O) groups excluding carboxylic acids is 1. The van der Waals surface area contributed by atoms with Crippen LogP contribution in [0.4, 0.5) is 0 Å². The smallest absolute Gasteiger partial charge is 0.225 e. The molecule has 0 saturated carbocycles. The van der Waals surface area contributed by atoms with Crippen LogP contribution in [0.15, 0.2) is 0 Å². The monoisotopic (exact) mass is 308 g/mol. The average Bonchev–Trinajstić information content (AvgIpc) is 2.76. The number of hydrogen-bond acceptors (Lipinski definition) is 4. The maximum absolute atomic E-state index is 12.4. The molecule has 0 aromatic carbocycles. The van der Waals surface area contributed by atoms with E-state index in [1.807, 2.05) is 18.7 Å². The van der Waals surface area contributed by atoms with Crippen molar-refractivity contribution < 1.29 is 9.53 Å². The van der Waals surface area contributed by atoms with E-state index in [9.17, 15) is 4.79 Å². The minimum absolute atomic E-state index is 0.00992. The molecule has 0 spiro atoms. The number of ether oxygens (including phenoxy) is 1. The molecule has 1 aromatic heterocycles. The minimum atomic E-state index is -0.00992. The number of aromatic nitrogens is 2. The Balaban J connectivity index is 1.99. The summed E-state index contributed by atoms with van der Waals surface area (Å²) < 4.78 is 7.63. The largest absolute Gasteiger partial charge is 0.375 e. The molecule has 2 rings (SSSR count). The van der Waals surface area contributed by atoms with E-state index in [1.165, 1.54) is 0 Å². The molecular weight excluding hydrogens is 280 g/mol. The van der Waals surface area contributed by atoms with Gasteiger partial charge in [-0.1, -0.05) is 0 Å². The van der Waals surface area contributed by atoms with Crippen LogP contribution in [0, 0.1) is 13.8 Å². The lowest BCUT2D eigenvalue weighted by molar-refractivity contribution is -0.133. The zero-order chi connectivity index (χ0) is 16.3. The van der Waals surface area contributed by atoms with E-state index in [0.29, 0.717) is 25.6 Å². The number of morpholine rings is 1. The second-order valence-electron chi connectivity index (χ2n) is 6.34. The summed E-state index contributed by atoms with van der Waals surface area (Å²) in [6.07, 6.45) is 0.421.